The van der Waals surface area contributed by atoms with Gasteiger partial charge in [0.05, 0.1) is 27.9 Å². The molecule has 132 valence electrons. The van der Waals surface area contributed by atoms with Crippen molar-refractivity contribution in [3.63, 3.8) is 0 Å². The third kappa shape index (κ3) is 4.32. The Labute approximate surface area is 147 Å². The SMILES string of the molecule is Cc1nc2cc(OCc3nc(C(=O)NCC(O)CO)co3)ccc2s1. The van der Waals surface area contributed by atoms with E-state index in [-0.39, 0.29) is 24.7 Å². The third-order valence-corrected chi connectivity index (χ3v) is 4.27. The van der Waals surface area contributed by atoms with Crippen LogP contribution in [0.5, 0.6) is 5.75 Å². The smallest absolute Gasteiger partial charge is 0.273 e. The van der Waals surface area contributed by atoms with Gasteiger partial charge in [0.1, 0.15) is 12.0 Å². The van der Waals surface area contributed by atoms with Crippen LogP contribution in [-0.2, 0) is 6.61 Å². The standard InChI is InChI=1S/C16H17N3O5S/c1-9-18-12-4-11(2-3-14(12)25-9)23-8-15-19-13(7-24-15)16(22)17-5-10(21)6-20/h2-4,7,10,20-21H,5-6,8H2,1H3,(H,17,22). The molecule has 0 bridgehead atoms. The number of carbonyl (C=O) groups excluding carboxylic acids is 1. The molecular formula is C16H17N3O5S. The van der Waals surface area contributed by atoms with E-state index >= 15 is 0 Å². The number of aliphatic hydroxyl groups is 2. The van der Waals surface area contributed by atoms with Gasteiger partial charge in [-0.05, 0) is 19.1 Å². The second kappa shape index (κ2) is 7.60. The van der Waals surface area contributed by atoms with Crippen LogP contribution in [-0.4, -0.2) is 45.3 Å². The number of aliphatic hydroxyl groups excluding tert-OH is 2. The van der Waals surface area contributed by atoms with E-state index in [1.807, 2.05) is 25.1 Å². The van der Waals surface area contributed by atoms with E-state index in [2.05, 4.69) is 15.3 Å². The van der Waals surface area contributed by atoms with Crippen molar-refractivity contribution >= 4 is 27.5 Å². The van der Waals surface area contributed by atoms with Crippen molar-refractivity contribution in [2.45, 2.75) is 19.6 Å². The lowest BCUT2D eigenvalue weighted by atomic mass is 10.3. The molecule has 3 rings (SSSR count). The molecular weight excluding hydrogens is 346 g/mol. The summed E-state index contributed by atoms with van der Waals surface area (Å²) in [5, 5.41) is 21.4. The molecule has 1 aromatic carbocycles. The van der Waals surface area contributed by atoms with Crippen molar-refractivity contribution in [1.82, 2.24) is 15.3 Å². The summed E-state index contributed by atoms with van der Waals surface area (Å²) in [7, 11) is 0. The molecule has 0 aliphatic rings. The van der Waals surface area contributed by atoms with E-state index in [0.717, 1.165) is 15.2 Å². The molecule has 1 unspecified atom stereocenters. The Balaban J connectivity index is 1.58. The van der Waals surface area contributed by atoms with Gasteiger partial charge in [0.2, 0.25) is 5.89 Å². The minimum Gasteiger partial charge on any atom is -0.484 e. The fraction of sp³-hybridized carbons (Fsp3) is 0.312. The van der Waals surface area contributed by atoms with Gasteiger partial charge < -0.3 is 24.7 Å². The van der Waals surface area contributed by atoms with E-state index in [0.29, 0.717) is 5.75 Å². The van der Waals surface area contributed by atoms with Crippen molar-refractivity contribution in [3.8, 4) is 5.75 Å². The summed E-state index contributed by atoms with van der Waals surface area (Å²) in [4.78, 5) is 20.3. The molecule has 25 heavy (non-hydrogen) atoms. The summed E-state index contributed by atoms with van der Waals surface area (Å²) in [5.74, 6) is 0.386. The van der Waals surface area contributed by atoms with Crippen LogP contribution in [0.25, 0.3) is 10.2 Å². The van der Waals surface area contributed by atoms with E-state index in [1.165, 1.54) is 6.26 Å². The number of aromatic nitrogens is 2. The number of carbonyl (C=O) groups is 1. The maximum atomic E-state index is 11.8. The molecule has 1 amide bonds. The number of hydrogen-bond acceptors (Lipinski definition) is 8. The highest BCUT2D eigenvalue weighted by Crippen LogP contribution is 2.25. The van der Waals surface area contributed by atoms with Crippen molar-refractivity contribution in [3.05, 3.63) is 41.1 Å². The highest BCUT2D eigenvalue weighted by Gasteiger charge is 2.14. The molecule has 3 aromatic rings. The predicted octanol–water partition coefficient (Wildman–Crippen LogP) is 1.25. The topological polar surface area (TPSA) is 118 Å². The number of rotatable bonds is 7. The quantitative estimate of drug-likeness (QED) is 0.578. The Morgan fingerprint density at radius 3 is 3.08 bits per heavy atom. The van der Waals surface area contributed by atoms with Crippen molar-refractivity contribution < 1.29 is 24.2 Å². The molecule has 0 spiro atoms. The molecule has 3 N–H and O–H groups in total. The highest BCUT2D eigenvalue weighted by atomic mass is 32.1. The first-order valence-electron chi connectivity index (χ1n) is 7.56. The zero-order valence-electron chi connectivity index (χ0n) is 13.4. The van der Waals surface area contributed by atoms with Gasteiger partial charge in [0, 0.05) is 12.6 Å². The summed E-state index contributed by atoms with van der Waals surface area (Å²) >= 11 is 1.61. The zero-order chi connectivity index (χ0) is 17.8. The van der Waals surface area contributed by atoms with Crippen molar-refractivity contribution in [2.75, 3.05) is 13.2 Å². The fourth-order valence-corrected chi connectivity index (χ4v) is 2.91. The monoisotopic (exact) mass is 363 g/mol. The first-order valence-corrected chi connectivity index (χ1v) is 8.38. The number of amides is 1. The Kier molecular flexibility index (Phi) is 5.27. The van der Waals surface area contributed by atoms with Gasteiger partial charge in [0.25, 0.3) is 5.91 Å². The lowest BCUT2D eigenvalue weighted by Crippen LogP contribution is -2.34. The highest BCUT2D eigenvalue weighted by molar-refractivity contribution is 7.18. The lowest BCUT2D eigenvalue weighted by molar-refractivity contribution is 0.0798. The van der Waals surface area contributed by atoms with E-state index < -0.39 is 18.6 Å². The Morgan fingerprint density at radius 2 is 2.28 bits per heavy atom. The predicted molar refractivity (Wildman–Crippen MR) is 90.6 cm³/mol. The first kappa shape index (κ1) is 17.3. The maximum absolute atomic E-state index is 11.8. The van der Waals surface area contributed by atoms with Crippen LogP contribution in [0.3, 0.4) is 0 Å². The number of ether oxygens (including phenoxy) is 1. The summed E-state index contributed by atoms with van der Waals surface area (Å²) < 4.78 is 11.9. The van der Waals surface area contributed by atoms with Gasteiger partial charge >= 0.3 is 0 Å². The number of nitrogens with one attached hydrogen (secondary N) is 1. The molecule has 0 saturated carbocycles. The van der Waals surface area contributed by atoms with Crippen LogP contribution in [0.15, 0.2) is 28.9 Å². The molecule has 1 atom stereocenters. The number of nitrogens with zero attached hydrogens (tertiary/aromatic N) is 2. The molecule has 8 nitrogen and oxygen atoms in total. The molecule has 2 aromatic heterocycles. The molecule has 0 saturated heterocycles. The summed E-state index contributed by atoms with van der Waals surface area (Å²) in [6.45, 7) is 1.52. The van der Waals surface area contributed by atoms with Crippen LogP contribution in [0.1, 0.15) is 21.4 Å². The fourth-order valence-electron chi connectivity index (χ4n) is 2.10. The number of thiazole rings is 1. The minimum absolute atomic E-state index is 0.0684. The second-order valence-corrected chi connectivity index (χ2v) is 6.56. The van der Waals surface area contributed by atoms with E-state index in [1.54, 1.807) is 11.3 Å². The second-order valence-electron chi connectivity index (χ2n) is 5.32. The van der Waals surface area contributed by atoms with Gasteiger partial charge in [-0.2, -0.15) is 0 Å². The zero-order valence-corrected chi connectivity index (χ0v) is 14.2. The Hall–Kier alpha value is -2.49. The molecule has 2 heterocycles. The number of aryl methyl sites for hydroxylation is 1. The third-order valence-electron chi connectivity index (χ3n) is 3.32. The number of hydrogen-bond donors (Lipinski definition) is 3. The maximum Gasteiger partial charge on any atom is 0.273 e. The Morgan fingerprint density at radius 1 is 1.44 bits per heavy atom. The van der Waals surface area contributed by atoms with Crippen molar-refractivity contribution in [1.29, 1.82) is 0 Å². The van der Waals surface area contributed by atoms with E-state index in [9.17, 15) is 9.90 Å². The number of fused-ring (bicyclic) bond motifs is 1. The van der Waals surface area contributed by atoms with Crippen LogP contribution in [0, 0.1) is 6.92 Å². The van der Waals surface area contributed by atoms with Crippen LogP contribution >= 0.6 is 11.3 Å². The summed E-state index contributed by atoms with van der Waals surface area (Å²) in [6.07, 6.45) is 0.203. The molecule has 0 aliphatic heterocycles. The van der Waals surface area contributed by atoms with Crippen LogP contribution in [0.2, 0.25) is 0 Å². The van der Waals surface area contributed by atoms with Crippen molar-refractivity contribution in [2.24, 2.45) is 0 Å². The number of benzene rings is 1. The molecule has 0 fully saturated rings. The average molecular weight is 363 g/mol. The lowest BCUT2D eigenvalue weighted by Gasteiger charge is -2.06. The number of oxazole rings is 1. The van der Waals surface area contributed by atoms with Crippen LogP contribution < -0.4 is 10.1 Å². The van der Waals surface area contributed by atoms with Gasteiger partial charge in [-0.25, -0.2) is 9.97 Å². The molecule has 9 heteroatoms. The van der Waals surface area contributed by atoms with E-state index in [4.69, 9.17) is 14.3 Å². The van der Waals surface area contributed by atoms with Crippen LogP contribution in [0.4, 0.5) is 0 Å². The largest absolute Gasteiger partial charge is 0.484 e. The van der Waals surface area contributed by atoms with Gasteiger partial charge in [0.15, 0.2) is 12.3 Å². The van der Waals surface area contributed by atoms with Gasteiger partial charge in [-0.1, -0.05) is 0 Å². The molecule has 0 aliphatic carbocycles. The summed E-state index contributed by atoms with van der Waals surface area (Å²) in [5.41, 5.74) is 0.948. The van der Waals surface area contributed by atoms with Gasteiger partial charge in [-0.15, -0.1) is 11.3 Å². The Bertz CT molecular complexity index is 876. The average Bonchev–Trinajstić information content (AvgIpc) is 3.22. The minimum atomic E-state index is -1.01. The normalized spacial score (nSPS) is 12.3. The summed E-state index contributed by atoms with van der Waals surface area (Å²) in [6, 6.07) is 5.62. The van der Waals surface area contributed by atoms with Gasteiger partial charge in [-0.3, -0.25) is 4.79 Å². The molecule has 0 radical (unpaired) electrons. The first-order chi connectivity index (χ1) is 12.0.